The van der Waals surface area contributed by atoms with Crippen molar-refractivity contribution in [3.63, 3.8) is 0 Å². The van der Waals surface area contributed by atoms with Gasteiger partial charge in [-0.25, -0.2) is 0 Å². The number of amides is 1. The first-order valence-corrected chi connectivity index (χ1v) is 10.2. The van der Waals surface area contributed by atoms with E-state index in [2.05, 4.69) is 11.9 Å². The van der Waals surface area contributed by atoms with Gasteiger partial charge in [-0.15, -0.1) is 0 Å². The molecule has 29 heavy (non-hydrogen) atoms. The van der Waals surface area contributed by atoms with Crippen LogP contribution in [0, 0.1) is 0 Å². The van der Waals surface area contributed by atoms with Gasteiger partial charge in [0, 0.05) is 18.8 Å². The van der Waals surface area contributed by atoms with Crippen LogP contribution in [0.1, 0.15) is 53.8 Å². The lowest BCUT2D eigenvalue weighted by Crippen LogP contribution is -2.32. The van der Waals surface area contributed by atoms with Gasteiger partial charge in [-0.1, -0.05) is 56.2 Å². The third-order valence-corrected chi connectivity index (χ3v) is 4.91. The van der Waals surface area contributed by atoms with Crippen molar-refractivity contribution in [3.05, 3.63) is 95.8 Å². The molecule has 4 heteroatoms. The number of hydrogen-bond acceptors (Lipinski definition) is 3. The number of nitrogens with zero attached hydrogens (tertiary/aromatic N) is 2. The van der Waals surface area contributed by atoms with Crippen molar-refractivity contribution in [1.82, 2.24) is 9.88 Å². The predicted molar refractivity (Wildman–Crippen MR) is 116 cm³/mol. The standard InChI is InChI=1S/C25H28N2O2/c1-3-4-10-19-29-22-16-14-21(15-17-22)25(28)27(2)24(20-11-6-5-7-12-20)23-13-8-9-18-26-23/h5-9,11-18,24H,3-4,10,19H2,1-2H3. The van der Waals surface area contributed by atoms with Gasteiger partial charge < -0.3 is 9.64 Å². The zero-order valence-corrected chi connectivity index (χ0v) is 17.1. The van der Waals surface area contributed by atoms with E-state index >= 15 is 0 Å². The Balaban J connectivity index is 1.77. The molecule has 0 fully saturated rings. The van der Waals surface area contributed by atoms with E-state index in [1.165, 1.54) is 6.42 Å². The lowest BCUT2D eigenvalue weighted by molar-refractivity contribution is 0.0752. The van der Waals surface area contributed by atoms with Gasteiger partial charge in [0.25, 0.3) is 5.91 Å². The largest absolute Gasteiger partial charge is 0.494 e. The van der Waals surface area contributed by atoms with E-state index in [4.69, 9.17) is 4.74 Å². The van der Waals surface area contributed by atoms with E-state index in [9.17, 15) is 4.79 Å². The summed E-state index contributed by atoms with van der Waals surface area (Å²) in [6.45, 7) is 2.88. The van der Waals surface area contributed by atoms with Gasteiger partial charge >= 0.3 is 0 Å². The monoisotopic (exact) mass is 388 g/mol. The predicted octanol–water partition coefficient (Wildman–Crippen LogP) is 5.51. The quantitative estimate of drug-likeness (QED) is 0.454. The van der Waals surface area contributed by atoms with Gasteiger partial charge in [0.15, 0.2) is 0 Å². The molecule has 0 radical (unpaired) electrons. The number of benzene rings is 2. The zero-order valence-electron chi connectivity index (χ0n) is 17.1. The summed E-state index contributed by atoms with van der Waals surface area (Å²) in [5.74, 6) is 0.742. The van der Waals surface area contributed by atoms with Crippen LogP contribution in [0.3, 0.4) is 0 Å². The summed E-state index contributed by atoms with van der Waals surface area (Å²) in [5, 5.41) is 0. The molecule has 0 bridgehead atoms. The number of aromatic nitrogens is 1. The molecule has 1 aromatic heterocycles. The van der Waals surface area contributed by atoms with Crippen molar-refractivity contribution < 1.29 is 9.53 Å². The molecular weight excluding hydrogens is 360 g/mol. The Kier molecular flexibility index (Phi) is 7.40. The number of pyridine rings is 1. The van der Waals surface area contributed by atoms with E-state index < -0.39 is 0 Å². The van der Waals surface area contributed by atoms with Gasteiger partial charge in [-0.3, -0.25) is 9.78 Å². The first-order valence-electron chi connectivity index (χ1n) is 10.2. The summed E-state index contributed by atoms with van der Waals surface area (Å²) >= 11 is 0. The Morgan fingerprint density at radius 3 is 2.34 bits per heavy atom. The molecule has 4 nitrogen and oxygen atoms in total. The molecule has 0 aliphatic carbocycles. The summed E-state index contributed by atoms with van der Waals surface area (Å²) in [6.07, 6.45) is 5.13. The van der Waals surface area contributed by atoms with Crippen LogP contribution in [-0.2, 0) is 0 Å². The van der Waals surface area contributed by atoms with Gasteiger partial charge in [0.05, 0.1) is 18.3 Å². The molecule has 1 amide bonds. The van der Waals surface area contributed by atoms with Crippen molar-refractivity contribution in [3.8, 4) is 5.75 Å². The minimum absolute atomic E-state index is 0.0537. The molecule has 3 aromatic rings. The van der Waals surface area contributed by atoms with E-state index in [-0.39, 0.29) is 11.9 Å². The molecule has 150 valence electrons. The molecule has 2 aromatic carbocycles. The summed E-state index contributed by atoms with van der Waals surface area (Å²) < 4.78 is 5.75. The number of carbonyl (C=O) groups is 1. The second-order valence-corrected chi connectivity index (χ2v) is 7.06. The van der Waals surface area contributed by atoms with Crippen molar-refractivity contribution in [2.45, 2.75) is 32.2 Å². The highest BCUT2D eigenvalue weighted by molar-refractivity contribution is 5.94. The van der Waals surface area contributed by atoms with E-state index in [0.29, 0.717) is 12.2 Å². The lowest BCUT2D eigenvalue weighted by atomic mass is 10.0. The molecule has 1 heterocycles. The molecule has 0 saturated carbocycles. The van der Waals surface area contributed by atoms with Crippen LogP contribution < -0.4 is 4.74 Å². The Bertz CT molecular complexity index is 840. The second kappa shape index (κ2) is 10.4. The van der Waals surface area contributed by atoms with Crippen molar-refractivity contribution in [2.75, 3.05) is 13.7 Å². The van der Waals surface area contributed by atoms with Gasteiger partial charge in [0.1, 0.15) is 5.75 Å². The average molecular weight is 389 g/mol. The minimum Gasteiger partial charge on any atom is -0.494 e. The molecule has 3 rings (SSSR count). The first-order chi connectivity index (χ1) is 14.2. The maximum absolute atomic E-state index is 13.2. The fourth-order valence-corrected chi connectivity index (χ4v) is 3.32. The highest BCUT2D eigenvalue weighted by Crippen LogP contribution is 2.27. The number of ether oxygens (including phenoxy) is 1. The van der Waals surface area contributed by atoms with Crippen LogP contribution in [0.25, 0.3) is 0 Å². The maximum Gasteiger partial charge on any atom is 0.254 e. The van der Waals surface area contributed by atoms with Crippen LogP contribution in [0.15, 0.2) is 79.0 Å². The first kappa shape index (κ1) is 20.6. The Labute approximate surface area is 173 Å². The number of unbranched alkanes of at least 4 members (excludes halogenated alkanes) is 2. The molecular formula is C25H28N2O2. The number of carbonyl (C=O) groups excluding carboxylic acids is 1. The highest BCUT2D eigenvalue weighted by Gasteiger charge is 2.25. The van der Waals surface area contributed by atoms with Crippen molar-refractivity contribution >= 4 is 5.91 Å². The SMILES string of the molecule is CCCCCOc1ccc(C(=O)N(C)C(c2ccccc2)c2ccccn2)cc1. The molecule has 1 unspecified atom stereocenters. The van der Waals surface area contributed by atoms with Crippen LogP contribution in [0.4, 0.5) is 0 Å². The number of rotatable bonds is 9. The molecule has 0 saturated heterocycles. The average Bonchev–Trinajstić information content (AvgIpc) is 2.78. The maximum atomic E-state index is 13.2. The van der Waals surface area contributed by atoms with Crippen molar-refractivity contribution in [2.24, 2.45) is 0 Å². The fraction of sp³-hybridized carbons (Fsp3) is 0.280. The second-order valence-electron chi connectivity index (χ2n) is 7.06. The number of hydrogen-bond donors (Lipinski definition) is 0. The van der Waals surface area contributed by atoms with Crippen LogP contribution in [-0.4, -0.2) is 29.4 Å². The fourth-order valence-electron chi connectivity index (χ4n) is 3.32. The molecule has 0 aliphatic rings. The zero-order chi connectivity index (χ0) is 20.5. The summed E-state index contributed by atoms with van der Waals surface area (Å²) in [5.41, 5.74) is 2.49. The molecule has 0 spiro atoms. The lowest BCUT2D eigenvalue weighted by Gasteiger charge is -2.28. The van der Waals surface area contributed by atoms with E-state index in [1.54, 1.807) is 11.1 Å². The van der Waals surface area contributed by atoms with Gasteiger partial charge in [-0.05, 0) is 48.4 Å². The van der Waals surface area contributed by atoms with Crippen LogP contribution >= 0.6 is 0 Å². The summed E-state index contributed by atoms with van der Waals surface area (Å²) in [7, 11) is 1.82. The van der Waals surface area contributed by atoms with E-state index in [0.717, 1.165) is 29.8 Å². The normalized spacial score (nSPS) is 11.7. The minimum atomic E-state index is -0.255. The Morgan fingerprint density at radius 2 is 1.69 bits per heavy atom. The topological polar surface area (TPSA) is 42.4 Å². The molecule has 0 aliphatic heterocycles. The Hall–Kier alpha value is -3.14. The van der Waals surface area contributed by atoms with Gasteiger partial charge in [-0.2, -0.15) is 0 Å². The highest BCUT2D eigenvalue weighted by atomic mass is 16.5. The van der Waals surface area contributed by atoms with Crippen LogP contribution in [0.5, 0.6) is 5.75 Å². The molecule has 0 N–H and O–H groups in total. The third-order valence-electron chi connectivity index (χ3n) is 4.91. The third kappa shape index (κ3) is 5.44. The van der Waals surface area contributed by atoms with E-state index in [1.807, 2.05) is 79.8 Å². The molecule has 1 atom stereocenters. The Morgan fingerprint density at radius 1 is 0.966 bits per heavy atom. The summed E-state index contributed by atoms with van der Waals surface area (Å²) in [6, 6.07) is 22.9. The van der Waals surface area contributed by atoms with Crippen LogP contribution in [0.2, 0.25) is 0 Å². The van der Waals surface area contributed by atoms with Crippen molar-refractivity contribution in [1.29, 1.82) is 0 Å². The summed E-state index contributed by atoms with van der Waals surface area (Å²) in [4.78, 5) is 19.4. The smallest absolute Gasteiger partial charge is 0.254 e. The van der Waals surface area contributed by atoms with Gasteiger partial charge in [0.2, 0.25) is 0 Å².